The minimum atomic E-state index is 0.960. The second kappa shape index (κ2) is 7.35. The molecule has 0 saturated heterocycles. The molecule has 3 aromatic carbocycles. The molecule has 0 heteroatoms. The summed E-state index contributed by atoms with van der Waals surface area (Å²) in [6.45, 7) is 0. The van der Waals surface area contributed by atoms with Gasteiger partial charge in [0.2, 0.25) is 0 Å². The van der Waals surface area contributed by atoms with Crippen molar-refractivity contribution in [1.29, 1.82) is 0 Å². The second-order valence-electron chi connectivity index (χ2n) is 8.38. The van der Waals surface area contributed by atoms with Crippen LogP contribution in [0.3, 0.4) is 0 Å². The Morgan fingerprint density at radius 2 is 1.67 bits per heavy atom. The van der Waals surface area contributed by atoms with Crippen LogP contribution < -0.4 is 0 Å². The van der Waals surface area contributed by atoms with Crippen molar-refractivity contribution in [2.45, 2.75) is 51.4 Å². The van der Waals surface area contributed by atoms with Crippen molar-refractivity contribution in [3.05, 3.63) is 77.4 Å². The quantitative estimate of drug-likeness (QED) is 0.454. The Kier molecular flexibility index (Phi) is 4.57. The van der Waals surface area contributed by atoms with E-state index in [2.05, 4.69) is 66.7 Å². The van der Waals surface area contributed by atoms with E-state index in [1.54, 1.807) is 5.56 Å². The summed E-state index contributed by atoms with van der Waals surface area (Å²) in [5.74, 6) is 0.960. The van der Waals surface area contributed by atoms with Crippen LogP contribution in [0.1, 0.15) is 55.2 Å². The van der Waals surface area contributed by atoms with E-state index >= 15 is 0 Å². The third-order valence-corrected chi connectivity index (χ3v) is 6.63. The number of aryl methyl sites for hydroxylation is 1. The number of rotatable bonds is 4. The molecule has 0 spiro atoms. The maximum atomic E-state index is 2.48. The molecule has 27 heavy (non-hydrogen) atoms. The van der Waals surface area contributed by atoms with E-state index in [4.69, 9.17) is 0 Å². The molecule has 0 heterocycles. The summed E-state index contributed by atoms with van der Waals surface area (Å²) in [5.41, 5.74) is 7.29. The van der Waals surface area contributed by atoms with E-state index in [0.29, 0.717) is 0 Å². The fourth-order valence-electron chi connectivity index (χ4n) is 5.11. The van der Waals surface area contributed by atoms with Gasteiger partial charge in [-0.25, -0.2) is 0 Å². The number of fused-ring (bicyclic) bond motifs is 4. The van der Waals surface area contributed by atoms with Crippen molar-refractivity contribution >= 4 is 16.8 Å². The maximum absolute atomic E-state index is 2.48. The van der Waals surface area contributed by atoms with Gasteiger partial charge in [-0.2, -0.15) is 0 Å². The average molecular weight is 353 g/mol. The summed E-state index contributed by atoms with van der Waals surface area (Å²) in [5, 5.41) is 2.68. The van der Waals surface area contributed by atoms with Crippen molar-refractivity contribution in [2.75, 3.05) is 0 Å². The Labute approximate surface area is 162 Å². The average Bonchev–Trinajstić information content (AvgIpc) is 3.06. The molecule has 3 aliphatic rings. The van der Waals surface area contributed by atoms with Crippen molar-refractivity contribution in [2.24, 2.45) is 5.92 Å². The molecule has 0 aromatic heterocycles. The molecule has 0 N–H and O–H groups in total. The van der Waals surface area contributed by atoms with E-state index in [1.165, 1.54) is 78.0 Å². The molecule has 3 aromatic rings. The predicted molar refractivity (Wildman–Crippen MR) is 117 cm³/mol. The van der Waals surface area contributed by atoms with Gasteiger partial charge in [-0.3, -0.25) is 0 Å². The van der Waals surface area contributed by atoms with E-state index in [-0.39, 0.29) is 0 Å². The van der Waals surface area contributed by atoms with Gasteiger partial charge in [-0.15, -0.1) is 0 Å². The van der Waals surface area contributed by atoms with Crippen LogP contribution in [0.15, 0.2) is 60.7 Å². The Hall–Kier alpha value is -2.34. The Bertz CT molecular complexity index is 981. The molecule has 1 fully saturated rings. The maximum Gasteiger partial charge on any atom is -0.00912 e. The molecule has 0 radical (unpaired) electrons. The molecule has 2 bridgehead atoms. The van der Waals surface area contributed by atoms with Gasteiger partial charge >= 0.3 is 0 Å². The summed E-state index contributed by atoms with van der Waals surface area (Å²) in [6, 6.07) is 20.4. The normalized spacial score (nSPS) is 16.7. The standard InChI is InChI=1S/C27H28/c1-2-8-20(9-3-1)16-17-23-18-24-13-6-12-22(23)19-27(24)26-15-7-11-21-10-4-5-14-25(21)26/h4-7,10-11,13-15,18-20H,1-3,8-9,12,16-17H2. The van der Waals surface area contributed by atoms with Crippen LogP contribution in [-0.4, -0.2) is 0 Å². The fourth-order valence-corrected chi connectivity index (χ4v) is 5.11. The van der Waals surface area contributed by atoms with Crippen LogP contribution in [0.4, 0.5) is 0 Å². The van der Waals surface area contributed by atoms with Crippen molar-refractivity contribution < 1.29 is 0 Å². The highest BCUT2D eigenvalue weighted by Gasteiger charge is 2.17. The summed E-state index contributed by atoms with van der Waals surface area (Å²) in [6.07, 6.45) is 15.7. The Morgan fingerprint density at radius 3 is 2.59 bits per heavy atom. The van der Waals surface area contributed by atoms with Crippen LogP contribution in [0.2, 0.25) is 0 Å². The second-order valence-corrected chi connectivity index (χ2v) is 8.38. The van der Waals surface area contributed by atoms with Crippen molar-refractivity contribution in [3.63, 3.8) is 0 Å². The molecule has 3 aliphatic carbocycles. The van der Waals surface area contributed by atoms with Crippen molar-refractivity contribution in [3.8, 4) is 11.1 Å². The lowest BCUT2D eigenvalue weighted by molar-refractivity contribution is 0.339. The van der Waals surface area contributed by atoms with E-state index in [1.807, 2.05) is 0 Å². The molecule has 0 amide bonds. The van der Waals surface area contributed by atoms with Crippen molar-refractivity contribution in [1.82, 2.24) is 0 Å². The summed E-state index contributed by atoms with van der Waals surface area (Å²) in [4.78, 5) is 0. The third-order valence-electron chi connectivity index (χ3n) is 6.63. The van der Waals surface area contributed by atoms with Crippen LogP contribution in [0.5, 0.6) is 0 Å². The molecule has 0 nitrogen and oxygen atoms in total. The van der Waals surface area contributed by atoms with E-state index in [0.717, 1.165) is 12.3 Å². The van der Waals surface area contributed by atoms with Crippen LogP contribution in [0, 0.1) is 5.92 Å². The van der Waals surface area contributed by atoms with Gasteiger partial charge in [0, 0.05) is 0 Å². The summed E-state index contributed by atoms with van der Waals surface area (Å²) >= 11 is 0. The molecule has 6 rings (SSSR count). The third kappa shape index (κ3) is 3.34. The van der Waals surface area contributed by atoms with Gasteiger partial charge in [0.25, 0.3) is 0 Å². The first-order chi connectivity index (χ1) is 13.4. The lowest BCUT2D eigenvalue weighted by atomic mass is 9.84. The van der Waals surface area contributed by atoms with Gasteiger partial charge in [-0.05, 0) is 69.8 Å². The highest BCUT2D eigenvalue weighted by molar-refractivity contribution is 5.98. The number of hydrogen-bond donors (Lipinski definition) is 0. The lowest BCUT2D eigenvalue weighted by Crippen LogP contribution is -2.08. The molecular weight excluding hydrogens is 324 g/mol. The molecule has 0 aliphatic heterocycles. The monoisotopic (exact) mass is 352 g/mol. The van der Waals surface area contributed by atoms with Crippen LogP contribution in [0.25, 0.3) is 28.0 Å². The first-order valence-corrected chi connectivity index (χ1v) is 10.7. The van der Waals surface area contributed by atoms with E-state index in [9.17, 15) is 0 Å². The number of hydrogen-bond acceptors (Lipinski definition) is 0. The Balaban J connectivity index is 1.50. The SMILES string of the molecule is C1=Cc2cc(CCC3CCCCC3)c(cc2-c2cccc3ccccc23)C1. The minimum absolute atomic E-state index is 0.960. The molecular formula is C27H28. The zero-order chi connectivity index (χ0) is 18.1. The number of allylic oxidation sites excluding steroid dienone is 1. The van der Waals surface area contributed by atoms with Crippen LogP contribution >= 0.6 is 0 Å². The highest BCUT2D eigenvalue weighted by atomic mass is 14.2. The minimum Gasteiger partial charge on any atom is -0.0795 e. The molecule has 1 saturated carbocycles. The Morgan fingerprint density at radius 1 is 0.815 bits per heavy atom. The number of benzene rings is 3. The fraction of sp³-hybridized carbons (Fsp3) is 0.333. The molecule has 136 valence electrons. The zero-order valence-electron chi connectivity index (χ0n) is 16.1. The topological polar surface area (TPSA) is 0 Å². The first-order valence-electron chi connectivity index (χ1n) is 10.7. The predicted octanol–water partition coefficient (Wildman–Crippen LogP) is 7.59. The lowest BCUT2D eigenvalue weighted by Gasteiger charge is -2.22. The van der Waals surface area contributed by atoms with Gasteiger partial charge in [0.1, 0.15) is 0 Å². The highest BCUT2D eigenvalue weighted by Crippen LogP contribution is 2.36. The van der Waals surface area contributed by atoms with Gasteiger partial charge in [-0.1, -0.05) is 92.8 Å². The molecule has 0 atom stereocenters. The van der Waals surface area contributed by atoms with Gasteiger partial charge < -0.3 is 0 Å². The first kappa shape index (κ1) is 16.8. The van der Waals surface area contributed by atoms with Crippen LogP contribution in [-0.2, 0) is 12.8 Å². The summed E-state index contributed by atoms with van der Waals surface area (Å²) < 4.78 is 0. The largest absolute Gasteiger partial charge is 0.0795 e. The van der Waals surface area contributed by atoms with Gasteiger partial charge in [0.15, 0.2) is 0 Å². The van der Waals surface area contributed by atoms with Gasteiger partial charge in [0.05, 0.1) is 0 Å². The van der Waals surface area contributed by atoms with E-state index < -0.39 is 0 Å². The summed E-state index contributed by atoms with van der Waals surface area (Å²) in [7, 11) is 0. The molecule has 0 unspecified atom stereocenters. The smallest absolute Gasteiger partial charge is 0.00912 e. The zero-order valence-corrected chi connectivity index (χ0v) is 16.1.